The highest BCUT2D eigenvalue weighted by Crippen LogP contribution is 2.23. The molecule has 0 radical (unpaired) electrons. The van der Waals surface area contributed by atoms with Crippen LogP contribution < -0.4 is 5.32 Å². The molecule has 30 heavy (non-hydrogen) atoms. The first-order valence-electron chi connectivity index (χ1n) is 9.60. The van der Waals surface area contributed by atoms with Gasteiger partial charge in [-0.05, 0) is 24.1 Å². The molecular weight excluding hydrogens is 400 g/mol. The zero-order chi connectivity index (χ0) is 20.9. The van der Waals surface area contributed by atoms with Crippen LogP contribution in [0.1, 0.15) is 21.6 Å². The Balaban J connectivity index is 1.60. The zero-order valence-corrected chi connectivity index (χ0v) is 17.3. The van der Waals surface area contributed by atoms with Crippen LogP contribution in [0, 0.1) is 0 Å². The molecule has 1 amide bonds. The number of amides is 1. The summed E-state index contributed by atoms with van der Waals surface area (Å²) < 4.78 is 7.01. The lowest BCUT2D eigenvalue weighted by atomic mass is 10.1. The number of ether oxygens (including phenoxy) is 1. The van der Waals surface area contributed by atoms with Gasteiger partial charge in [-0.1, -0.05) is 54.1 Å². The molecule has 0 spiro atoms. The van der Waals surface area contributed by atoms with Crippen LogP contribution >= 0.6 is 11.6 Å². The molecule has 0 aliphatic carbocycles. The molecule has 0 aliphatic heterocycles. The third-order valence-electron chi connectivity index (χ3n) is 4.79. The molecule has 4 rings (SSSR count). The van der Waals surface area contributed by atoms with E-state index in [0.29, 0.717) is 28.5 Å². The van der Waals surface area contributed by atoms with E-state index in [0.717, 1.165) is 17.7 Å². The second kappa shape index (κ2) is 9.07. The van der Waals surface area contributed by atoms with Gasteiger partial charge in [0.15, 0.2) is 5.65 Å². The van der Waals surface area contributed by atoms with Gasteiger partial charge < -0.3 is 10.1 Å². The van der Waals surface area contributed by atoms with Crippen LogP contribution in [0.5, 0.6) is 0 Å². The van der Waals surface area contributed by atoms with E-state index in [2.05, 4.69) is 15.4 Å². The van der Waals surface area contributed by atoms with Gasteiger partial charge in [-0.2, -0.15) is 5.10 Å². The first-order valence-corrected chi connectivity index (χ1v) is 9.98. The van der Waals surface area contributed by atoms with Crippen molar-refractivity contribution < 1.29 is 9.53 Å². The quantitative estimate of drug-likeness (QED) is 0.487. The number of nitrogens with one attached hydrogen (secondary N) is 1. The van der Waals surface area contributed by atoms with Crippen molar-refractivity contribution in [2.24, 2.45) is 0 Å². The van der Waals surface area contributed by atoms with Crippen LogP contribution in [0.25, 0.3) is 16.9 Å². The van der Waals surface area contributed by atoms with E-state index in [1.165, 1.54) is 5.56 Å². The first-order chi connectivity index (χ1) is 14.7. The number of fused-ring (bicyclic) bond motifs is 1. The second-order valence-corrected chi connectivity index (χ2v) is 7.29. The van der Waals surface area contributed by atoms with Crippen LogP contribution in [0.2, 0.25) is 5.02 Å². The lowest BCUT2D eigenvalue weighted by Crippen LogP contribution is -2.28. The minimum absolute atomic E-state index is 0.198. The van der Waals surface area contributed by atoms with E-state index < -0.39 is 0 Å². The van der Waals surface area contributed by atoms with Crippen molar-refractivity contribution in [2.45, 2.75) is 13.0 Å². The summed E-state index contributed by atoms with van der Waals surface area (Å²) >= 11 is 5.98. The molecule has 1 N–H and O–H groups in total. The minimum Gasteiger partial charge on any atom is -0.378 e. The Morgan fingerprint density at radius 1 is 1.13 bits per heavy atom. The zero-order valence-electron chi connectivity index (χ0n) is 16.5. The highest BCUT2D eigenvalue weighted by atomic mass is 35.5. The van der Waals surface area contributed by atoms with Crippen LogP contribution in [0.3, 0.4) is 0 Å². The molecule has 6 nitrogen and oxygen atoms in total. The maximum atomic E-state index is 12.8. The Hall–Kier alpha value is -3.22. The number of rotatable bonds is 7. The molecule has 0 fully saturated rings. The third-order valence-corrected chi connectivity index (χ3v) is 5.04. The van der Waals surface area contributed by atoms with E-state index in [1.807, 2.05) is 60.7 Å². The number of benzene rings is 2. The number of hydrogen-bond acceptors (Lipinski definition) is 4. The molecule has 2 aromatic carbocycles. The molecule has 2 heterocycles. The molecule has 0 saturated carbocycles. The minimum atomic E-state index is -0.198. The normalized spacial score (nSPS) is 11.0. The van der Waals surface area contributed by atoms with Gasteiger partial charge >= 0.3 is 0 Å². The fraction of sp³-hybridized carbons (Fsp3) is 0.174. The second-order valence-electron chi connectivity index (χ2n) is 6.85. The smallest absolute Gasteiger partial charge is 0.254 e. The molecule has 4 aromatic rings. The molecule has 0 aliphatic rings. The fourth-order valence-corrected chi connectivity index (χ4v) is 3.39. The topological polar surface area (TPSA) is 68.5 Å². The van der Waals surface area contributed by atoms with Gasteiger partial charge in [0.05, 0.1) is 23.6 Å². The van der Waals surface area contributed by atoms with E-state index in [-0.39, 0.29) is 12.5 Å². The van der Waals surface area contributed by atoms with Crippen molar-refractivity contribution in [3.63, 3.8) is 0 Å². The van der Waals surface area contributed by atoms with Crippen molar-refractivity contribution in [1.29, 1.82) is 0 Å². The monoisotopic (exact) mass is 420 g/mol. The molecule has 152 valence electrons. The largest absolute Gasteiger partial charge is 0.378 e. The molecule has 0 unspecified atom stereocenters. The van der Waals surface area contributed by atoms with E-state index >= 15 is 0 Å². The van der Waals surface area contributed by atoms with Crippen LogP contribution in [0.15, 0.2) is 66.9 Å². The third kappa shape index (κ3) is 4.35. The van der Waals surface area contributed by atoms with Crippen molar-refractivity contribution >= 4 is 23.2 Å². The number of carbonyl (C=O) groups excluding carboxylic acids is 1. The summed E-state index contributed by atoms with van der Waals surface area (Å²) in [5.74, 6) is -0.198. The molecule has 7 heteroatoms. The molecule has 0 saturated heterocycles. The van der Waals surface area contributed by atoms with Gasteiger partial charge in [-0.15, -0.1) is 0 Å². The summed E-state index contributed by atoms with van der Waals surface area (Å²) in [7, 11) is 1.59. The summed E-state index contributed by atoms with van der Waals surface area (Å²) in [6.07, 6.45) is 2.33. The summed E-state index contributed by atoms with van der Waals surface area (Å²) in [6.45, 7) is 0.768. The van der Waals surface area contributed by atoms with Gasteiger partial charge in [0.2, 0.25) is 0 Å². The van der Waals surface area contributed by atoms with E-state index in [9.17, 15) is 4.79 Å². The number of hydrogen-bond donors (Lipinski definition) is 1. The predicted octanol–water partition coefficient (Wildman–Crippen LogP) is 4.17. The Morgan fingerprint density at radius 3 is 2.63 bits per heavy atom. The Kier molecular flexibility index (Phi) is 6.07. The first kappa shape index (κ1) is 20.1. The van der Waals surface area contributed by atoms with Crippen LogP contribution in [-0.2, 0) is 17.8 Å². The highest BCUT2D eigenvalue weighted by Gasteiger charge is 2.18. The van der Waals surface area contributed by atoms with Gasteiger partial charge in [-0.25, -0.2) is 9.50 Å². The number of carbonyl (C=O) groups is 1. The van der Waals surface area contributed by atoms with Crippen LogP contribution in [0.4, 0.5) is 0 Å². The van der Waals surface area contributed by atoms with Gasteiger partial charge in [-0.3, -0.25) is 4.79 Å². The van der Waals surface area contributed by atoms with Gasteiger partial charge in [0.1, 0.15) is 0 Å². The van der Waals surface area contributed by atoms with E-state index in [1.54, 1.807) is 17.8 Å². The Morgan fingerprint density at radius 2 is 1.90 bits per heavy atom. The number of methoxy groups -OCH3 is 1. The van der Waals surface area contributed by atoms with Crippen molar-refractivity contribution in [3.8, 4) is 11.3 Å². The number of aromatic nitrogens is 3. The Labute approximate surface area is 179 Å². The molecule has 2 aromatic heterocycles. The predicted molar refractivity (Wildman–Crippen MR) is 117 cm³/mol. The number of halogens is 1. The van der Waals surface area contributed by atoms with Crippen LogP contribution in [-0.4, -0.2) is 34.2 Å². The summed E-state index contributed by atoms with van der Waals surface area (Å²) in [5, 5.41) is 8.28. The number of nitrogens with zero attached hydrogens (tertiary/aromatic N) is 3. The standard InChI is InChI=1S/C23H21ClN4O2/c1-30-15-21-19(23(29)25-12-11-16-5-3-2-4-6-16)14-26-22-13-20(27-28(21)22)17-7-9-18(24)10-8-17/h2-10,13-14H,11-12,15H2,1H3,(H,25,29). The summed E-state index contributed by atoms with van der Waals surface area (Å²) in [5.41, 5.74) is 4.58. The van der Waals surface area contributed by atoms with Gasteiger partial charge in [0, 0.05) is 36.5 Å². The van der Waals surface area contributed by atoms with Crippen molar-refractivity contribution in [3.05, 3.63) is 88.7 Å². The van der Waals surface area contributed by atoms with E-state index in [4.69, 9.17) is 16.3 Å². The average molecular weight is 421 g/mol. The fourth-order valence-electron chi connectivity index (χ4n) is 3.27. The van der Waals surface area contributed by atoms with Gasteiger partial charge in [0.25, 0.3) is 5.91 Å². The SMILES string of the molecule is COCc1c(C(=O)NCCc2ccccc2)cnc2cc(-c3ccc(Cl)cc3)nn12. The molecular formula is C23H21ClN4O2. The summed E-state index contributed by atoms with van der Waals surface area (Å²) in [6, 6.07) is 19.3. The maximum Gasteiger partial charge on any atom is 0.254 e. The molecule has 0 bridgehead atoms. The maximum absolute atomic E-state index is 12.8. The Bertz CT molecular complexity index is 1160. The van der Waals surface area contributed by atoms with Crippen molar-refractivity contribution in [1.82, 2.24) is 19.9 Å². The summed E-state index contributed by atoms with van der Waals surface area (Å²) in [4.78, 5) is 17.3. The highest BCUT2D eigenvalue weighted by molar-refractivity contribution is 6.30. The lowest BCUT2D eigenvalue weighted by molar-refractivity contribution is 0.0947. The lowest BCUT2D eigenvalue weighted by Gasteiger charge is -2.11. The average Bonchev–Trinajstić information content (AvgIpc) is 3.20. The van der Waals surface area contributed by atoms with Crippen molar-refractivity contribution in [2.75, 3.05) is 13.7 Å². The molecule has 0 atom stereocenters.